The van der Waals surface area contributed by atoms with Gasteiger partial charge >= 0.3 is 0 Å². The molecule has 1 aromatic heterocycles. The van der Waals surface area contributed by atoms with Gasteiger partial charge in [-0.1, -0.05) is 30.3 Å². The van der Waals surface area contributed by atoms with E-state index in [2.05, 4.69) is 5.10 Å². The molecule has 6 heteroatoms. The van der Waals surface area contributed by atoms with Crippen molar-refractivity contribution in [3.8, 4) is 0 Å². The van der Waals surface area contributed by atoms with E-state index < -0.39 is 5.54 Å². The quantitative estimate of drug-likeness (QED) is 0.836. The van der Waals surface area contributed by atoms with Crippen LogP contribution in [0, 0.1) is 0 Å². The van der Waals surface area contributed by atoms with Crippen LogP contribution in [0.2, 0.25) is 0 Å². The van der Waals surface area contributed by atoms with Crippen LogP contribution < -0.4 is 0 Å². The molecule has 1 unspecified atom stereocenters. The van der Waals surface area contributed by atoms with E-state index in [-0.39, 0.29) is 11.8 Å². The SMILES string of the molecule is CCn1nccc1C(=O)N1CCCC12CCCN(Cc1ccccc1)C2=O. The molecule has 2 aliphatic rings. The van der Waals surface area contributed by atoms with Crippen molar-refractivity contribution in [3.63, 3.8) is 0 Å². The molecule has 2 aromatic rings. The summed E-state index contributed by atoms with van der Waals surface area (Å²) in [5, 5.41) is 4.22. The summed E-state index contributed by atoms with van der Waals surface area (Å²) < 4.78 is 1.71. The molecular formula is C21H26N4O2. The second-order valence-corrected chi connectivity index (χ2v) is 7.44. The first-order chi connectivity index (χ1) is 13.2. The Hall–Kier alpha value is -2.63. The summed E-state index contributed by atoms with van der Waals surface area (Å²) in [6.07, 6.45) is 4.96. The molecule has 142 valence electrons. The molecule has 6 nitrogen and oxygen atoms in total. The van der Waals surface area contributed by atoms with Crippen molar-refractivity contribution in [1.29, 1.82) is 0 Å². The molecule has 0 bridgehead atoms. The highest BCUT2D eigenvalue weighted by atomic mass is 16.2. The number of rotatable bonds is 4. The smallest absolute Gasteiger partial charge is 0.273 e. The Morgan fingerprint density at radius 3 is 2.59 bits per heavy atom. The highest BCUT2D eigenvalue weighted by Crippen LogP contribution is 2.39. The Labute approximate surface area is 159 Å². The summed E-state index contributed by atoms with van der Waals surface area (Å²) in [5.41, 5.74) is 1.02. The number of aryl methyl sites for hydroxylation is 1. The van der Waals surface area contributed by atoms with Gasteiger partial charge in [-0.2, -0.15) is 5.10 Å². The normalized spacial score (nSPS) is 22.6. The van der Waals surface area contributed by atoms with E-state index >= 15 is 0 Å². The first kappa shape index (κ1) is 17.8. The molecule has 0 aliphatic carbocycles. The van der Waals surface area contributed by atoms with Crippen LogP contribution in [0.3, 0.4) is 0 Å². The second-order valence-electron chi connectivity index (χ2n) is 7.44. The number of aromatic nitrogens is 2. The molecule has 0 N–H and O–H groups in total. The monoisotopic (exact) mass is 366 g/mol. The lowest BCUT2D eigenvalue weighted by molar-refractivity contribution is -0.146. The molecule has 1 aromatic carbocycles. The van der Waals surface area contributed by atoms with Crippen LogP contribution >= 0.6 is 0 Å². The molecule has 0 radical (unpaired) electrons. The third-order valence-corrected chi connectivity index (χ3v) is 5.89. The van der Waals surface area contributed by atoms with Crippen LogP contribution in [0.5, 0.6) is 0 Å². The Morgan fingerprint density at radius 2 is 1.85 bits per heavy atom. The van der Waals surface area contributed by atoms with Gasteiger partial charge in [-0.05, 0) is 44.2 Å². The maximum atomic E-state index is 13.5. The summed E-state index contributed by atoms with van der Waals surface area (Å²) in [7, 11) is 0. The zero-order valence-electron chi connectivity index (χ0n) is 15.8. The fourth-order valence-electron chi connectivity index (χ4n) is 4.58. The van der Waals surface area contributed by atoms with Crippen LogP contribution in [0.4, 0.5) is 0 Å². The van der Waals surface area contributed by atoms with Crippen LogP contribution in [-0.4, -0.2) is 50.0 Å². The summed E-state index contributed by atoms with van der Waals surface area (Å²) in [5.74, 6) is 0.0350. The number of nitrogens with zero attached hydrogens (tertiary/aromatic N) is 4. The third kappa shape index (κ3) is 3.03. The summed E-state index contributed by atoms with van der Waals surface area (Å²) in [6, 6.07) is 11.8. The minimum Gasteiger partial charge on any atom is -0.336 e. The van der Waals surface area contributed by atoms with Crippen molar-refractivity contribution in [1.82, 2.24) is 19.6 Å². The number of carbonyl (C=O) groups excluding carboxylic acids is 2. The van der Waals surface area contributed by atoms with Gasteiger partial charge in [0, 0.05) is 32.4 Å². The van der Waals surface area contributed by atoms with Gasteiger partial charge in [-0.25, -0.2) is 0 Å². The number of carbonyl (C=O) groups is 2. The highest BCUT2D eigenvalue weighted by Gasteiger charge is 2.53. The average Bonchev–Trinajstić information content (AvgIpc) is 3.33. The van der Waals surface area contributed by atoms with E-state index in [1.807, 2.05) is 47.1 Å². The van der Waals surface area contributed by atoms with E-state index in [4.69, 9.17) is 0 Å². The standard InChI is InChI=1S/C21H26N4O2/c1-2-25-18(10-13-22-25)19(26)24-15-7-12-21(24)11-6-14-23(20(21)27)16-17-8-4-3-5-9-17/h3-5,8-10,13H,2,6-7,11-12,14-16H2,1H3. The average molecular weight is 366 g/mol. The molecule has 4 rings (SSSR count). The minimum absolute atomic E-state index is 0.0678. The maximum Gasteiger partial charge on any atom is 0.273 e. The van der Waals surface area contributed by atoms with Crippen molar-refractivity contribution in [2.75, 3.05) is 13.1 Å². The number of benzene rings is 1. The molecule has 27 heavy (non-hydrogen) atoms. The van der Waals surface area contributed by atoms with Gasteiger partial charge in [0.1, 0.15) is 11.2 Å². The van der Waals surface area contributed by atoms with Gasteiger partial charge in [0.2, 0.25) is 5.91 Å². The van der Waals surface area contributed by atoms with E-state index in [9.17, 15) is 9.59 Å². The van der Waals surface area contributed by atoms with E-state index in [0.717, 1.165) is 37.8 Å². The van der Waals surface area contributed by atoms with Crippen LogP contribution in [-0.2, 0) is 17.9 Å². The molecule has 2 amide bonds. The number of piperidine rings is 1. The zero-order valence-corrected chi connectivity index (χ0v) is 15.8. The van der Waals surface area contributed by atoms with E-state index in [1.165, 1.54) is 0 Å². The number of hydrogen-bond donors (Lipinski definition) is 0. The Balaban J connectivity index is 1.60. The lowest BCUT2D eigenvalue weighted by atomic mass is 9.85. The zero-order chi connectivity index (χ0) is 18.9. The van der Waals surface area contributed by atoms with Crippen molar-refractivity contribution in [2.45, 2.75) is 51.2 Å². The fourth-order valence-corrected chi connectivity index (χ4v) is 4.58. The van der Waals surface area contributed by atoms with Crippen LogP contribution in [0.1, 0.15) is 48.7 Å². The molecule has 2 aliphatic heterocycles. The third-order valence-electron chi connectivity index (χ3n) is 5.89. The lowest BCUT2D eigenvalue weighted by Gasteiger charge is -2.44. The molecular weight excluding hydrogens is 340 g/mol. The van der Waals surface area contributed by atoms with Gasteiger partial charge < -0.3 is 9.80 Å². The largest absolute Gasteiger partial charge is 0.336 e. The minimum atomic E-state index is -0.688. The first-order valence-electron chi connectivity index (χ1n) is 9.83. The summed E-state index contributed by atoms with van der Waals surface area (Å²) >= 11 is 0. The molecule has 0 saturated carbocycles. The van der Waals surface area contributed by atoms with Crippen LogP contribution in [0.25, 0.3) is 0 Å². The van der Waals surface area contributed by atoms with Gasteiger partial charge in [0.25, 0.3) is 5.91 Å². The predicted molar refractivity (Wildman–Crippen MR) is 102 cm³/mol. The Morgan fingerprint density at radius 1 is 1.11 bits per heavy atom. The Kier molecular flexibility index (Phi) is 4.72. The van der Waals surface area contributed by atoms with Gasteiger partial charge in [-0.15, -0.1) is 0 Å². The lowest BCUT2D eigenvalue weighted by Crippen LogP contribution is -2.61. The van der Waals surface area contributed by atoms with Crippen molar-refractivity contribution < 1.29 is 9.59 Å². The van der Waals surface area contributed by atoms with E-state index in [0.29, 0.717) is 25.3 Å². The van der Waals surface area contributed by atoms with Crippen molar-refractivity contribution >= 4 is 11.8 Å². The van der Waals surface area contributed by atoms with Crippen molar-refractivity contribution in [3.05, 3.63) is 53.9 Å². The predicted octanol–water partition coefficient (Wildman–Crippen LogP) is 2.70. The highest BCUT2D eigenvalue weighted by molar-refractivity contribution is 5.99. The number of amides is 2. The molecule has 2 saturated heterocycles. The van der Waals surface area contributed by atoms with Crippen molar-refractivity contribution in [2.24, 2.45) is 0 Å². The van der Waals surface area contributed by atoms with Gasteiger partial charge in [0.15, 0.2) is 0 Å². The first-order valence-corrected chi connectivity index (χ1v) is 9.83. The molecule has 3 heterocycles. The number of hydrogen-bond acceptors (Lipinski definition) is 3. The molecule has 1 atom stereocenters. The Bertz CT molecular complexity index is 832. The molecule has 1 spiro atoms. The van der Waals surface area contributed by atoms with Gasteiger partial charge in [-0.3, -0.25) is 14.3 Å². The summed E-state index contributed by atoms with van der Waals surface area (Å²) in [6.45, 7) is 4.61. The second kappa shape index (κ2) is 7.18. The number of likely N-dealkylation sites (tertiary alicyclic amines) is 2. The van der Waals surface area contributed by atoms with E-state index in [1.54, 1.807) is 16.9 Å². The fraction of sp³-hybridized carbons (Fsp3) is 0.476. The topological polar surface area (TPSA) is 58.4 Å². The maximum absolute atomic E-state index is 13.5. The van der Waals surface area contributed by atoms with Crippen LogP contribution in [0.15, 0.2) is 42.6 Å². The molecule has 2 fully saturated rings. The summed E-state index contributed by atoms with van der Waals surface area (Å²) in [4.78, 5) is 30.5. The van der Waals surface area contributed by atoms with Gasteiger partial charge in [0.05, 0.1) is 0 Å².